The molecular formula is C15H24N2O2. The number of likely N-dealkylation sites (tertiary alicyclic amines) is 1. The zero-order chi connectivity index (χ0) is 13.3. The molecule has 0 atom stereocenters. The number of hydrogen-bond donors (Lipinski definition) is 2. The van der Waals surface area contributed by atoms with Gasteiger partial charge in [0.05, 0.1) is 18.7 Å². The van der Waals surface area contributed by atoms with Crippen LogP contribution in [-0.2, 0) is 0 Å². The summed E-state index contributed by atoms with van der Waals surface area (Å²) >= 11 is 0. The molecule has 4 aliphatic carbocycles. The first-order valence-electron chi connectivity index (χ1n) is 7.73. The third-order valence-corrected chi connectivity index (χ3v) is 5.76. The zero-order valence-corrected chi connectivity index (χ0v) is 11.7. The predicted octanol–water partition coefficient (Wildman–Crippen LogP) is 1.73. The Morgan fingerprint density at radius 3 is 2.00 bits per heavy atom. The van der Waals surface area contributed by atoms with Gasteiger partial charge in [-0.1, -0.05) is 0 Å². The lowest BCUT2D eigenvalue weighted by Gasteiger charge is -2.57. The number of urea groups is 1. The molecule has 0 unspecified atom stereocenters. The van der Waals surface area contributed by atoms with Crippen molar-refractivity contribution < 1.29 is 9.90 Å². The molecule has 2 amide bonds. The highest BCUT2D eigenvalue weighted by atomic mass is 16.3. The second kappa shape index (κ2) is 3.66. The number of nitrogens with zero attached hydrogens (tertiary/aromatic N) is 1. The normalized spacial score (nSPS) is 46.0. The third kappa shape index (κ3) is 1.95. The van der Waals surface area contributed by atoms with Crippen LogP contribution < -0.4 is 5.32 Å². The van der Waals surface area contributed by atoms with E-state index in [1.165, 1.54) is 38.5 Å². The van der Waals surface area contributed by atoms with Crippen LogP contribution in [0, 0.1) is 17.8 Å². The van der Waals surface area contributed by atoms with Gasteiger partial charge in [-0.2, -0.15) is 0 Å². The number of β-amino-alcohol motifs (C(OH)–C–C–N with tert-alkyl or cyclic N) is 1. The monoisotopic (exact) mass is 264 g/mol. The Kier molecular flexibility index (Phi) is 2.31. The third-order valence-electron chi connectivity index (χ3n) is 5.76. The maximum absolute atomic E-state index is 12.3. The van der Waals surface area contributed by atoms with Crippen molar-refractivity contribution in [1.29, 1.82) is 0 Å². The van der Waals surface area contributed by atoms with Gasteiger partial charge < -0.3 is 15.3 Å². The second-order valence-corrected chi connectivity index (χ2v) is 7.98. The average Bonchev–Trinajstić information content (AvgIpc) is 2.22. The summed E-state index contributed by atoms with van der Waals surface area (Å²) in [6.07, 6.45) is 7.76. The van der Waals surface area contributed by atoms with Crippen molar-refractivity contribution in [2.75, 3.05) is 13.1 Å². The Hall–Kier alpha value is -0.770. The van der Waals surface area contributed by atoms with Gasteiger partial charge in [-0.05, 0) is 63.2 Å². The Labute approximate surface area is 114 Å². The van der Waals surface area contributed by atoms with Crippen molar-refractivity contribution >= 4 is 6.03 Å². The number of carbonyl (C=O) groups excluding carboxylic acids is 1. The number of rotatable bonds is 1. The molecule has 4 bridgehead atoms. The number of hydrogen-bond acceptors (Lipinski definition) is 2. The van der Waals surface area contributed by atoms with Gasteiger partial charge in [0, 0.05) is 5.54 Å². The van der Waals surface area contributed by atoms with Crippen molar-refractivity contribution in [3.05, 3.63) is 0 Å². The number of aliphatic hydroxyl groups is 1. The first-order valence-corrected chi connectivity index (χ1v) is 7.73. The van der Waals surface area contributed by atoms with Gasteiger partial charge in [0.25, 0.3) is 0 Å². The average molecular weight is 264 g/mol. The second-order valence-electron chi connectivity index (χ2n) is 7.98. The molecule has 0 aromatic rings. The molecule has 4 heteroatoms. The summed E-state index contributed by atoms with van der Waals surface area (Å²) < 4.78 is 0. The molecule has 5 fully saturated rings. The van der Waals surface area contributed by atoms with Crippen molar-refractivity contribution in [3.8, 4) is 0 Å². The van der Waals surface area contributed by atoms with Crippen LogP contribution in [0.2, 0.25) is 0 Å². The van der Waals surface area contributed by atoms with Crippen LogP contribution in [0.1, 0.15) is 45.4 Å². The molecule has 1 saturated heterocycles. The first kappa shape index (κ1) is 12.0. The van der Waals surface area contributed by atoms with Gasteiger partial charge in [0.1, 0.15) is 0 Å². The van der Waals surface area contributed by atoms with Crippen LogP contribution in [0.25, 0.3) is 0 Å². The highest BCUT2D eigenvalue weighted by molar-refractivity contribution is 5.76. The lowest BCUT2D eigenvalue weighted by Crippen LogP contribution is -2.68. The summed E-state index contributed by atoms with van der Waals surface area (Å²) in [6.45, 7) is 2.75. The van der Waals surface area contributed by atoms with Crippen LogP contribution >= 0.6 is 0 Å². The molecule has 1 aliphatic heterocycles. The van der Waals surface area contributed by atoms with Gasteiger partial charge >= 0.3 is 6.03 Å². The molecule has 2 N–H and O–H groups in total. The molecule has 0 spiro atoms. The number of carbonyl (C=O) groups is 1. The van der Waals surface area contributed by atoms with E-state index in [2.05, 4.69) is 5.32 Å². The molecule has 19 heavy (non-hydrogen) atoms. The van der Waals surface area contributed by atoms with Crippen molar-refractivity contribution in [3.63, 3.8) is 0 Å². The summed E-state index contributed by atoms with van der Waals surface area (Å²) in [6, 6.07) is 0.0495. The topological polar surface area (TPSA) is 52.6 Å². The van der Waals surface area contributed by atoms with Gasteiger partial charge in [0.2, 0.25) is 0 Å². The highest BCUT2D eigenvalue weighted by Crippen LogP contribution is 2.55. The molecule has 0 radical (unpaired) electrons. The van der Waals surface area contributed by atoms with Crippen LogP contribution in [0.5, 0.6) is 0 Å². The zero-order valence-electron chi connectivity index (χ0n) is 11.7. The molecule has 0 aromatic heterocycles. The van der Waals surface area contributed by atoms with E-state index in [9.17, 15) is 9.90 Å². The minimum absolute atomic E-state index is 0.0495. The van der Waals surface area contributed by atoms with Gasteiger partial charge in [-0.15, -0.1) is 0 Å². The van der Waals surface area contributed by atoms with Gasteiger partial charge in [-0.25, -0.2) is 4.79 Å². The van der Waals surface area contributed by atoms with Crippen molar-refractivity contribution in [2.45, 2.75) is 56.6 Å². The maximum atomic E-state index is 12.3. The molecule has 106 valence electrons. The Balaban J connectivity index is 1.44. The maximum Gasteiger partial charge on any atom is 0.318 e. The molecule has 5 aliphatic rings. The molecule has 0 aromatic carbocycles. The van der Waals surface area contributed by atoms with Gasteiger partial charge in [0.15, 0.2) is 0 Å². The van der Waals surface area contributed by atoms with Crippen LogP contribution in [0.3, 0.4) is 0 Å². The van der Waals surface area contributed by atoms with E-state index in [0.29, 0.717) is 13.1 Å². The summed E-state index contributed by atoms with van der Waals surface area (Å²) in [5, 5.41) is 13.1. The Bertz CT molecular complexity index is 375. The molecule has 1 heterocycles. The molecule has 4 saturated carbocycles. The van der Waals surface area contributed by atoms with Crippen molar-refractivity contribution in [1.82, 2.24) is 10.2 Å². The van der Waals surface area contributed by atoms with Crippen molar-refractivity contribution in [2.24, 2.45) is 17.8 Å². The minimum Gasteiger partial charge on any atom is -0.386 e. The smallest absolute Gasteiger partial charge is 0.318 e. The van der Waals surface area contributed by atoms with Crippen LogP contribution in [0.15, 0.2) is 0 Å². The fraction of sp³-hybridized carbons (Fsp3) is 0.933. The summed E-state index contributed by atoms with van der Waals surface area (Å²) in [4.78, 5) is 14.0. The van der Waals surface area contributed by atoms with E-state index in [4.69, 9.17) is 0 Å². The standard InChI is InChI=1S/C15H24N2O2/c1-14(19)8-17(9-14)13(18)16-15-5-10-2-11(6-15)4-12(3-10)7-15/h10-12,19H,2-9H2,1H3,(H,16,18). The first-order chi connectivity index (χ1) is 8.93. The quantitative estimate of drug-likeness (QED) is 0.758. The van der Waals surface area contributed by atoms with Crippen LogP contribution in [-0.4, -0.2) is 40.3 Å². The van der Waals surface area contributed by atoms with Gasteiger partial charge in [-0.3, -0.25) is 0 Å². The predicted molar refractivity (Wildman–Crippen MR) is 71.6 cm³/mol. The van der Waals surface area contributed by atoms with Crippen LogP contribution in [0.4, 0.5) is 4.79 Å². The lowest BCUT2D eigenvalue weighted by molar-refractivity contribution is -0.0673. The van der Waals surface area contributed by atoms with E-state index in [-0.39, 0.29) is 11.6 Å². The highest BCUT2D eigenvalue weighted by Gasteiger charge is 2.52. The number of nitrogens with one attached hydrogen (secondary N) is 1. The fourth-order valence-electron chi connectivity index (χ4n) is 5.49. The van der Waals surface area contributed by atoms with E-state index in [0.717, 1.165) is 17.8 Å². The van der Waals surface area contributed by atoms with E-state index >= 15 is 0 Å². The summed E-state index contributed by atoms with van der Waals surface area (Å²) in [5.74, 6) is 2.56. The Morgan fingerprint density at radius 1 is 1.11 bits per heavy atom. The minimum atomic E-state index is -0.668. The molecular weight excluding hydrogens is 240 g/mol. The summed E-state index contributed by atoms with van der Waals surface area (Å²) in [5.41, 5.74) is -0.577. The largest absolute Gasteiger partial charge is 0.386 e. The summed E-state index contributed by atoms with van der Waals surface area (Å²) in [7, 11) is 0. The Morgan fingerprint density at radius 2 is 1.58 bits per heavy atom. The lowest BCUT2D eigenvalue weighted by atomic mass is 9.53. The fourth-order valence-corrected chi connectivity index (χ4v) is 5.49. The van der Waals surface area contributed by atoms with E-state index in [1.807, 2.05) is 0 Å². The molecule has 4 nitrogen and oxygen atoms in total. The SMILES string of the molecule is CC1(O)CN(C(=O)NC23CC4CC(CC(C4)C2)C3)C1. The van der Waals surface area contributed by atoms with E-state index in [1.54, 1.807) is 11.8 Å². The molecule has 5 rings (SSSR count). The number of amides is 2. The van der Waals surface area contributed by atoms with E-state index < -0.39 is 5.60 Å².